The number of benzene rings is 2. The molecule has 3 aromatic rings. The lowest BCUT2D eigenvalue weighted by atomic mass is 10.0. The van der Waals surface area contributed by atoms with E-state index in [2.05, 4.69) is 16.7 Å². The Hall–Kier alpha value is -3.49. The Morgan fingerprint density at radius 2 is 1.71 bits per heavy atom. The van der Waals surface area contributed by atoms with Gasteiger partial charge in [0.15, 0.2) is 5.75 Å². The van der Waals surface area contributed by atoms with Gasteiger partial charge in [-0.1, -0.05) is 43.3 Å². The molecular formula is C27H29N3O5. The fraction of sp³-hybridized carbons (Fsp3) is 0.370. The van der Waals surface area contributed by atoms with Crippen LogP contribution in [0.25, 0.3) is 22.0 Å². The maximum Gasteiger partial charge on any atom is 0.423 e. The molecule has 8 nitrogen and oxygen atoms in total. The summed E-state index contributed by atoms with van der Waals surface area (Å²) in [6.07, 6.45) is 1.06. The standard InChI is InChI=1S/C27H29N3O5/c1-3-29-13-15-30(16-14-29)25-20-5-4-6-21-22(20)24(35-27(33)26(32)34-21)23(28-25)19-11-9-18(10-12-19)8-7-17(2)31/h4-6,9-12,17,31H,3,7-8,13-16H2,1-2H3. The molecule has 182 valence electrons. The van der Waals surface area contributed by atoms with E-state index >= 15 is 0 Å². The van der Waals surface area contributed by atoms with E-state index in [1.807, 2.05) is 30.3 Å². The lowest BCUT2D eigenvalue weighted by Gasteiger charge is -2.35. The molecule has 1 saturated heterocycles. The zero-order valence-corrected chi connectivity index (χ0v) is 20.0. The molecule has 2 aliphatic rings. The van der Waals surface area contributed by atoms with Gasteiger partial charge in [-0.05, 0) is 37.9 Å². The van der Waals surface area contributed by atoms with Crippen molar-refractivity contribution in [3.8, 4) is 22.8 Å². The van der Waals surface area contributed by atoms with Crippen molar-refractivity contribution >= 4 is 28.5 Å². The highest BCUT2D eigenvalue weighted by atomic mass is 16.6. The van der Waals surface area contributed by atoms with Gasteiger partial charge in [0.05, 0.1) is 11.5 Å². The first-order valence-corrected chi connectivity index (χ1v) is 12.1. The van der Waals surface area contributed by atoms with Gasteiger partial charge in [0.1, 0.15) is 17.3 Å². The molecule has 0 radical (unpaired) electrons. The van der Waals surface area contributed by atoms with Gasteiger partial charge in [-0.25, -0.2) is 14.6 Å². The molecule has 8 heteroatoms. The largest absolute Gasteiger partial charge is 0.423 e. The first-order chi connectivity index (χ1) is 16.9. The number of anilines is 1. The number of aliphatic hydroxyl groups excluding tert-OH is 1. The van der Waals surface area contributed by atoms with Crippen molar-refractivity contribution in [2.45, 2.75) is 32.8 Å². The molecule has 35 heavy (non-hydrogen) atoms. The summed E-state index contributed by atoms with van der Waals surface area (Å²) in [4.78, 5) is 34.3. The number of hydrogen-bond acceptors (Lipinski definition) is 8. The predicted molar refractivity (Wildman–Crippen MR) is 133 cm³/mol. The average molecular weight is 476 g/mol. The van der Waals surface area contributed by atoms with Crippen LogP contribution in [0.2, 0.25) is 0 Å². The molecule has 3 heterocycles. The Labute approximate surface area is 204 Å². The first-order valence-electron chi connectivity index (χ1n) is 12.1. The fourth-order valence-corrected chi connectivity index (χ4v) is 4.66. The zero-order valence-electron chi connectivity index (χ0n) is 20.0. The molecule has 1 unspecified atom stereocenters. The normalized spacial score (nSPS) is 17.2. The van der Waals surface area contributed by atoms with Gasteiger partial charge in [-0.2, -0.15) is 0 Å². The smallest absolute Gasteiger partial charge is 0.417 e. The van der Waals surface area contributed by atoms with Crippen LogP contribution in [0.4, 0.5) is 5.82 Å². The molecule has 0 aliphatic carbocycles. The summed E-state index contributed by atoms with van der Waals surface area (Å²) in [5, 5.41) is 11.0. The summed E-state index contributed by atoms with van der Waals surface area (Å²) in [5.74, 6) is -0.809. The van der Waals surface area contributed by atoms with Crippen LogP contribution in [0, 0.1) is 0 Å². The lowest BCUT2D eigenvalue weighted by Crippen LogP contribution is -2.46. The van der Waals surface area contributed by atoms with Crippen molar-refractivity contribution < 1.29 is 24.2 Å². The van der Waals surface area contributed by atoms with Gasteiger partial charge < -0.3 is 24.4 Å². The minimum atomic E-state index is -1.07. The predicted octanol–water partition coefficient (Wildman–Crippen LogP) is 3.18. The Bertz CT molecular complexity index is 1260. The van der Waals surface area contributed by atoms with E-state index in [1.165, 1.54) is 0 Å². The Kier molecular flexibility index (Phi) is 6.40. The first kappa shape index (κ1) is 23.3. The Morgan fingerprint density at radius 3 is 2.40 bits per heavy atom. The van der Waals surface area contributed by atoms with Crippen molar-refractivity contribution in [1.82, 2.24) is 9.88 Å². The lowest BCUT2D eigenvalue weighted by molar-refractivity contribution is -0.155. The van der Waals surface area contributed by atoms with Crippen LogP contribution in [-0.4, -0.2) is 65.8 Å². The molecule has 0 amide bonds. The number of likely N-dealkylation sites (N-methyl/N-ethyl adjacent to an activating group) is 1. The SMILES string of the molecule is CCN1CCN(c2nc(-c3ccc(CCC(C)O)cc3)c3c4c(cccc24)OC(=O)C(=O)O3)CC1. The van der Waals surface area contributed by atoms with E-state index in [0.29, 0.717) is 23.3 Å². The number of pyridine rings is 1. The van der Waals surface area contributed by atoms with Gasteiger partial charge >= 0.3 is 11.9 Å². The second kappa shape index (κ2) is 9.64. The van der Waals surface area contributed by atoms with Crippen LogP contribution in [0.15, 0.2) is 42.5 Å². The van der Waals surface area contributed by atoms with E-state index in [-0.39, 0.29) is 11.9 Å². The maximum atomic E-state index is 12.4. The highest BCUT2D eigenvalue weighted by Crippen LogP contribution is 2.45. The molecular weight excluding hydrogens is 446 g/mol. The number of aryl methyl sites for hydroxylation is 1. The van der Waals surface area contributed by atoms with E-state index in [0.717, 1.165) is 61.5 Å². The third-order valence-corrected chi connectivity index (χ3v) is 6.69. The number of esters is 2. The van der Waals surface area contributed by atoms with Crippen LogP contribution >= 0.6 is 0 Å². The molecule has 5 rings (SSSR count). The van der Waals surface area contributed by atoms with Gasteiger partial charge in [-0.3, -0.25) is 0 Å². The van der Waals surface area contributed by atoms with Crippen molar-refractivity contribution in [2.24, 2.45) is 0 Å². The Morgan fingerprint density at radius 1 is 1.00 bits per heavy atom. The molecule has 1 atom stereocenters. The summed E-state index contributed by atoms with van der Waals surface area (Å²) < 4.78 is 11.0. The van der Waals surface area contributed by atoms with E-state index in [1.54, 1.807) is 19.1 Å². The highest BCUT2D eigenvalue weighted by molar-refractivity contribution is 6.32. The van der Waals surface area contributed by atoms with Gasteiger partial charge in [0.2, 0.25) is 0 Å². The zero-order chi connectivity index (χ0) is 24.5. The summed E-state index contributed by atoms with van der Waals surface area (Å²) in [6, 6.07) is 13.2. The van der Waals surface area contributed by atoms with Crippen molar-refractivity contribution in [1.29, 1.82) is 0 Å². The number of ether oxygens (including phenoxy) is 2. The maximum absolute atomic E-state index is 12.4. The third kappa shape index (κ3) is 4.59. The number of hydrogen-bond donors (Lipinski definition) is 1. The monoisotopic (exact) mass is 475 g/mol. The number of carbonyl (C=O) groups excluding carboxylic acids is 2. The second-order valence-electron chi connectivity index (χ2n) is 9.08. The van der Waals surface area contributed by atoms with Crippen LogP contribution < -0.4 is 14.4 Å². The minimum absolute atomic E-state index is 0.235. The van der Waals surface area contributed by atoms with Gasteiger partial charge in [0.25, 0.3) is 0 Å². The summed E-state index contributed by atoms with van der Waals surface area (Å²) in [7, 11) is 0. The Balaban J connectivity index is 1.65. The summed E-state index contributed by atoms with van der Waals surface area (Å²) in [5.41, 5.74) is 2.35. The van der Waals surface area contributed by atoms with Crippen LogP contribution in [0.1, 0.15) is 25.8 Å². The van der Waals surface area contributed by atoms with Gasteiger partial charge in [0, 0.05) is 37.1 Å². The van der Waals surface area contributed by atoms with Crippen molar-refractivity contribution in [3.05, 3.63) is 48.0 Å². The molecule has 1 aromatic heterocycles. The average Bonchev–Trinajstić information content (AvgIpc) is 3.00. The number of aliphatic hydroxyl groups is 1. The van der Waals surface area contributed by atoms with Crippen LogP contribution in [-0.2, 0) is 16.0 Å². The number of nitrogens with zero attached hydrogens (tertiary/aromatic N) is 3. The molecule has 2 aliphatic heterocycles. The number of aromatic nitrogens is 1. The van der Waals surface area contributed by atoms with E-state index in [9.17, 15) is 14.7 Å². The number of carbonyl (C=O) groups is 2. The van der Waals surface area contributed by atoms with E-state index < -0.39 is 11.9 Å². The molecule has 0 bridgehead atoms. The van der Waals surface area contributed by atoms with Crippen molar-refractivity contribution in [2.75, 3.05) is 37.6 Å². The summed E-state index contributed by atoms with van der Waals surface area (Å²) in [6.45, 7) is 8.43. The number of rotatable bonds is 6. The van der Waals surface area contributed by atoms with Crippen LogP contribution in [0.3, 0.4) is 0 Å². The quantitative estimate of drug-likeness (QED) is 0.330. The minimum Gasteiger partial charge on any atom is -0.417 e. The van der Waals surface area contributed by atoms with Crippen molar-refractivity contribution in [3.63, 3.8) is 0 Å². The van der Waals surface area contributed by atoms with E-state index in [4.69, 9.17) is 14.5 Å². The number of piperazine rings is 1. The fourth-order valence-electron chi connectivity index (χ4n) is 4.66. The second-order valence-corrected chi connectivity index (χ2v) is 9.08. The topological polar surface area (TPSA) is 92.2 Å². The molecule has 1 fully saturated rings. The molecule has 0 saturated carbocycles. The highest BCUT2D eigenvalue weighted by Gasteiger charge is 2.32. The molecule has 1 N–H and O–H groups in total. The summed E-state index contributed by atoms with van der Waals surface area (Å²) >= 11 is 0. The third-order valence-electron chi connectivity index (χ3n) is 6.69. The van der Waals surface area contributed by atoms with Gasteiger partial charge in [-0.15, -0.1) is 0 Å². The molecule has 0 spiro atoms. The molecule has 2 aromatic carbocycles. The van der Waals surface area contributed by atoms with Crippen LogP contribution in [0.5, 0.6) is 11.5 Å².